The second-order valence-corrected chi connectivity index (χ2v) is 13.1. The van der Waals surface area contributed by atoms with E-state index in [2.05, 4.69) is 11.8 Å². The summed E-state index contributed by atoms with van der Waals surface area (Å²) in [4.78, 5) is 15.8. The maximum atomic E-state index is 13.3. The number of aliphatic hydroxyl groups excluding tert-OH is 2. The van der Waals surface area contributed by atoms with Crippen LogP contribution in [0.3, 0.4) is 0 Å². The van der Waals surface area contributed by atoms with Gasteiger partial charge in [-0.05, 0) is 56.2 Å². The van der Waals surface area contributed by atoms with E-state index in [9.17, 15) is 20.1 Å². The SMILES string of the molecule is CCN1C[C@]2(COC)CC[C@H](O)[C@]34C1[C@@H](C[C@H]23)[C@]1(O)[C@H]2[C@@H](OC(=O)c3ccccc3)[C@H](C[C@H]24)[C@@H](OC)[C@@H]1O. The quantitative estimate of drug-likeness (QED) is 0.480. The molecule has 8 nitrogen and oxygen atoms in total. The van der Waals surface area contributed by atoms with Gasteiger partial charge in [-0.15, -0.1) is 0 Å². The van der Waals surface area contributed by atoms with Crippen molar-refractivity contribution >= 4 is 5.97 Å². The van der Waals surface area contributed by atoms with E-state index in [0.717, 1.165) is 25.9 Å². The lowest BCUT2D eigenvalue weighted by molar-refractivity contribution is -0.296. The Morgan fingerprint density at radius 2 is 1.87 bits per heavy atom. The largest absolute Gasteiger partial charge is 0.458 e. The van der Waals surface area contributed by atoms with E-state index in [4.69, 9.17) is 14.2 Å². The summed E-state index contributed by atoms with van der Waals surface area (Å²) in [5.74, 6) is -1.32. The van der Waals surface area contributed by atoms with Gasteiger partial charge in [-0.3, -0.25) is 4.90 Å². The third-order valence-electron chi connectivity index (χ3n) is 12.2. The molecule has 1 aliphatic heterocycles. The van der Waals surface area contributed by atoms with E-state index in [-0.39, 0.29) is 35.1 Å². The molecule has 5 aliphatic carbocycles. The van der Waals surface area contributed by atoms with Crippen molar-refractivity contribution in [2.24, 2.45) is 40.4 Å². The van der Waals surface area contributed by atoms with Gasteiger partial charge >= 0.3 is 5.97 Å². The molecule has 0 amide bonds. The molecule has 1 spiro atoms. The summed E-state index contributed by atoms with van der Waals surface area (Å²) in [7, 11) is 3.33. The molecule has 6 fully saturated rings. The second kappa shape index (κ2) is 8.48. The molecule has 7 bridgehead atoms. The average Bonchev–Trinajstić information content (AvgIpc) is 3.38. The van der Waals surface area contributed by atoms with Gasteiger partial charge in [0, 0.05) is 55.4 Å². The number of hydrogen-bond donors (Lipinski definition) is 3. The van der Waals surface area contributed by atoms with Crippen molar-refractivity contribution in [3.63, 3.8) is 0 Å². The van der Waals surface area contributed by atoms with Gasteiger partial charge in [-0.25, -0.2) is 4.79 Å². The Morgan fingerprint density at radius 3 is 2.55 bits per heavy atom. The van der Waals surface area contributed by atoms with E-state index in [1.165, 1.54) is 0 Å². The zero-order valence-electron chi connectivity index (χ0n) is 22.5. The number of aliphatic hydroxyl groups is 3. The number of benzene rings is 1. The number of methoxy groups -OCH3 is 2. The first-order valence-corrected chi connectivity index (χ1v) is 14.4. The number of fused-ring (bicyclic) bond motifs is 2. The summed E-state index contributed by atoms with van der Waals surface area (Å²) in [6.07, 6.45) is 0.122. The first-order chi connectivity index (χ1) is 18.3. The van der Waals surface area contributed by atoms with Crippen LogP contribution in [0.4, 0.5) is 0 Å². The molecule has 38 heavy (non-hydrogen) atoms. The number of esters is 1. The maximum absolute atomic E-state index is 13.3. The lowest BCUT2D eigenvalue weighted by Crippen LogP contribution is -2.78. The average molecular weight is 528 g/mol. The lowest BCUT2D eigenvalue weighted by Gasteiger charge is -2.69. The molecule has 3 N–H and O–H groups in total. The number of hydrogen-bond acceptors (Lipinski definition) is 8. The summed E-state index contributed by atoms with van der Waals surface area (Å²) in [5.41, 5.74) is -1.56. The fourth-order valence-electron chi connectivity index (χ4n) is 11.3. The van der Waals surface area contributed by atoms with Gasteiger partial charge in [0.15, 0.2) is 0 Å². The van der Waals surface area contributed by atoms with E-state index < -0.39 is 47.3 Å². The Hall–Kier alpha value is -1.55. The Morgan fingerprint density at radius 1 is 1.11 bits per heavy atom. The monoisotopic (exact) mass is 527 g/mol. The standard InChI is InChI=1S/C30H41NO7/c1-4-31-14-28(15-36-2)11-10-21(32)29-18-12-17-23(38-27(34)16-8-6-5-7-9-16)22(18)30(35,26(33)24(17)37-3)19(25(29)31)13-20(28)29/h5-9,17-26,32-33,35H,4,10-15H2,1-3H3/t17-,18+,19+,20+,21-,22+,23-,24+,25?,26-,28-,29+,30-/m0/s1. The molecule has 1 saturated heterocycles. The third-order valence-corrected chi connectivity index (χ3v) is 12.2. The molecule has 1 unspecified atom stereocenters. The van der Waals surface area contributed by atoms with Crippen LogP contribution in [0.15, 0.2) is 30.3 Å². The van der Waals surface area contributed by atoms with Gasteiger partial charge in [0.25, 0.3) is 0 Å². The summed E-state index contributed by atoms with van der Waals surface area (Å²) in [6, 6.07) is 8.91. The summed E-state index contributed by atoms with van der Waals surface area (Å²) in [5, 5.41) is 36.7. The predicted octanol–water partition coefficient (Wildman–Crippen LogP) is 1.71. The number of piperidine rings is 1. The van der Waals surface area contributed by atoms with E-state index in [1.54, 1.807) is 26.4 Å². The molecule has 0 radical (unpaired) electrons. The van der Waals surface area contributed by atoms with Crippen molar-refractivity contribution in [2.45, 2.75) is 68.7 Å². The van der Waals surface area contributed by atoms with Gasteiger partial charge in [-0.2, -0.15) is 0 Å². The fraction of sp³-hybridized carbons (Fsp3) is 0.767. The van der Waals surface area contributed by atoms with Crippen LogP contribution >= 0.6 is 0 Å². The van der Waals surface area contributed by atoms with Crippen LogP contribution in [0.1, 0.15) is 43.0 Å². The van der Waals surface area contributed by atoms with Crippen molar-refractivity contribution in [3.05, 3.63) is 35.9 Å². The van der Waals surface area contributed by atoms with Crippen molar-refractivity contribution < 1.29 is 34.3 Å². The molecule has 7 rings (SSSR count). The molecular formula is C30H41NO7. The smallest absolute Gasteiger partial charge is 0.338 e. The van der Waals surface area contributed by atoms with E-state index >= 15 is 0 Å². The summed E-state index contributed by atoms with van der Waals surface area (Å²) in [6.45, 7) is 4.46. The van der Waals surface area contributed by atoms with Crippen LogP contribution in [0.5, 0.6) is 0 Å². The van der Waals surface area contributed by atoms with Crippen molar-refractivity contribution in [2.75, 3.05) is 33.9 Å². The number of likely N-dealkylation sites (tertiary alicyclic amines) is 1. The first kappa shape index (κ1) is 25.4. The fourth-order valence-corrected chi connectivity index (χ4v) is 11.3. The molecule has 1 aromatic carbocycles. The highest BCUT2D eigenvalue weighted by Gasteiger charge is 2.85. The zero-order chi connectivity index (χ0) is 26.6. The van der Waals surface area contributed by atoms with Crippen LogP contribution < -0.4 is 0 Å². The van der Waals surface area contributed by atoms with Crippen LogP contribution in [0, 0.1) is 40.4 Å². The minimum Gasteiger partial charge on any atom is -0.458 e. The van der Waals surface area contributed by atoms with Crippen molar-refractivity contribution in [1.29, 1.82) is 0 Å². The first-order valence-electron chi connectivity index (χ1n) is 14.4. The minimum absolute atomic E-state index is 0.0430. The number of rotatable bonds is 6. The molecule has 208 valence electrons. The topological polar surface area (TPSA) is 109 Å². The third kappa shape index (κ3) is 2.79. The van der Waals surface area contributed by atoms with Crippen LogP contribution in [0.2, 0.25) is 0 Å². The number of ether oxygens (including phenoxy) is 3. The number of carbonyl (C=O) groups is 1. The van der Waals surface area contributed by atoms with E-state index in [1.807, 2.05) is 18.2 Å². The second-order valence-electron chi connectivity index (χ2n) is 13.1. The van der Waals surface area contributed by atoms with Gasteiger partial charge in [0.1, 0.15) is 17.8 Å². The number of carbonyl (C=O) groups excluding carboxylic acids is 1. The Kier molecular flexibility index (Phi) is 5.67. The Labute approximate surface area is 224 Å². The highest BCUT2D eigenvalue weighted by molar-refractivity contribution is 5.89. The Bertz CT molecular complexity index is 1100. The number of nitrogens with zero attached hydrogens (tertiary/aromatic N) is 1. The molecule has 13 atom stereocenters. The highest BCUT2D eigenvalue weighted by atomic mass is 16.6. The molecular weight excluding hydrogens is 486 g/mol. The maximum Gasteiger partial charge on any atom is 0.338 e. The summed E-state index contributed by atoms with van der Waals surface area (Å²) >= 11 is 0. The normalized spacial score (nSPS) is 52.2. The Balaban J connectivity index is 1.39. The van der Waals surface area contributed by atoms with Gasteiger partial charge in [0.05, 0.1) is 24.4 Å². The predicted molar refractivity (Wildman–Crippen MR) is 137 cm³/mol. The van der Waals surface area contributed by atoms with Crippen molar-refractivity contribution in [3.8, 4) is 0 Å². The molecule has 5 saturated carbocycles. The minimum atomic E-state index is -1.48. The van der Waals surface area contributed by atoms with Crippen molar-refractivity contribution in [1.82, 2.24) is 4.90 Å². The molecule has 0 aromatic heterocycles. The van der Waals surface area contributed by atoms with Crippen LogP contribution in [-0.2, 0) is 14.2 Å². The summed E-state index contributed by atoms with van der Waals surface area (Å²) < 4.78 is 18.0. The van der Waals surface area contributed by atoms with Gasteiger partial charge in [-0.1, -0.05) is 25.1 Å². The van der Waals surface area contributed by atoms with Crippen LogP contribution in [0.25, 0.3) is 0 Å². The molecule has 6 aliphatic rings. The van der Waals surface area contributed by atoms with Gasteiger partial charge in [0.2, 0.25) is 0 Å². The molecule has 8 heteroatoms. The molecule has 1 heterocycles. The van der Waals surface area contributed by atoms with E-state index in [0.29, 0.717) is 25.0 Å². The lowest BCUT2D eigenvalue weighted by atomic mass is 9.43. The van der Waals surface area contributed by atoms with Gasteiger partial charge < -0.3 is 29.5 Å². The highest BCUT2D eigenvalue weighted by Crippen LogP contribution is 2.79. The zero-order valence-corrected chi connectivity index (χ0v) is 22.5. The molecule has 1 aromatic rings. The van der Waals surface area contributed by atoms with Crippen LogP contribution in [-0.4, -0.2) is 96.2 Å².